The maximum absolute atomic E-state index is 10.2. The van der Waals surface area contributed by atoms with Gasteiger partial charge in [0.15, 0.2) is 0 Å². The zero-order valence-electron chi connectivity index (χ0n) is 13.6. The minimum atomic E-state index is -0.385. The van der Waals surface area contributed by atoms with Crippen LogP contribution in [-0.4, -0.2) is 57.1 Å². The molecular formula is C17H30N2O2+2. The summed E-state index contributed by atoms with van der Waals surface area (Å²) >= 11 is 0. The molecule has 0 spiro atoms. The predicted octanol–water partition coefficient (Wildman–Crippen LogP) is -1.15. The van der Waals surface area contributed by atoms with E-state index in [2.05, 4.69) is 26.8 Å². The average molecular weight is 294 g/mol. The van der Waals surface area contributed by atoms with Gasteiger partial charge in [0.05, 0.1) is 6.54 Å². The summed E-state index contributed by atoms with van der Waals surface area (Å²) in [5.74, 6) is 0.863. The molecule has 1 aromatic rings. The van der Waals surface area contributed by atoms with Crippen LogP contribution in [-0.2, 0) is 0 Å². The zero-order chi connectivity index (χ0) is 15.2. The molecule has 0 aromatic heterocycles. The molecule has 4 heteroatoms. The summed E-state index contributed by atoms with van der Waals surface area (Å²) in [6, 6.07) is 6.18. The van der Waals surface area contributed by atoms with E-state index in [1.54, 1.807) is 4.90 Å². The second-order valence-electron chi connectivity index (χ2n) is 6.35. The molecule has 0 radical (unpaired) electrons. The van der Waals surface area contributed by atoms with Crippen LogP contribution in [0.15, 0.2) is 18.2 Å². The standard InChI is InChI=1S/C17H28N2O2/c1-4-18-5-7-19(8-6-18)12-16(20)13-21-17-10-14(2)9-15(3)11-17/h9-11,16,20H,4-8,12-13H2,1-3H3/p+2. The van der Waals surface area contributed by atoms with Crippen LogP contribution in [0.2, 0.25) is 0 Å². The largest absolute Gasteiger partial charge is 0.491 e. The van der Waals surface area contributed by atoms with Gasteiger partial charge in [-0.15, -0.1) is 0 Å². The maximum atomic E-state index is 10.2. The van der Waals surface area contributed by atoms with Crippen molar-refractivity contribution in [1.82, 2.24) is 0 Å². The van der Waals surface area contributed by atoms with E-state index in [0.717, 1.165) is 25.4 Å². The lowest BCUT2D eigenvalue weighted by molar-refractivity contribution is -1.01. The fraction of sp³-hybridized carbons (Fsp3) is 0.647. The Labute approximate surface area is 128 Å². The Bertz CT molecular complexity index is 422. The lowest BCUT2D eigenvalue weighted by Gasteiger charge is -2.30. The number of rotatable bonds is 6. The lowest BCUT2D eigenvalue weighted by Crippen LogP contribution is -3.28. The lowest BCUT2D eigenvalue weighted by atomic mass is 10.1. The Morgan fingerprint density at radius 1 is 1.05 bits per heavy atom. The van der Waals surface area contributed by atoms with Gasteiger partial charge in [-0.1, -0.05) is 6.07 Å². The van der Waals surface area contributed by atoms with Crippen molar-refractivity contribution in [3.05, 3.63) is 29.3 Å². The SMILES string of the molecule is CC[NH+]1CC[NH+](CC(O)COc2cc(C)cc(C)c2)CC1. The molecule has 0 saturated carbocycles. The number of piperazine rings is 1. The van der Waals surface area contributed by atoms with Crippen LogP contribution in [0, 0.1) is 13.8 Å². The van der Waals surface area contributed by atoms with Gasteiger partial charge in [0.2, 0.25) is 0 Å². The molecule has 1 saturated heterocycles. The molecule has 0 bridgehead atoms. The monoisotopic (exact) mass is 294 g/mol. The number of benzene rings is 1. The number of likely N-dealkylation sites (N-methyl/N-ethyl adjacent to an activating group) is 1. The van der Waals surface area contributed by atoms with Crippen molar-refractivity contribution in [3.63, 3.8) is 0 Å². The van der Waals surface area contributed by atoms with Crippen LogP contribution in [0.4, 0.5) is 0 Å². The van der Waals surface area contributed by atoms with Crippen LogP contribution in [0.25, 0.3) is 0 Å². The number of hydrogen-bond acceptors (Lipinski definition) is 2. The Kier molecular flexibility index (Phi) is 6.03. The first-order valence-electron chi connectivity index (χ1n) is 8.13. The molecular weight excluding hydrogens is 264 g/mol. The first kappa shape index (κ1) is 16.3. The fourth-order valence-corrected chi connectivity index (χ4v) is 3.12. The number of aliphatic hydroxyl groups is 1. The minimum Gasteiger partial charge on any atom is -0.491 e. The summed E-state index contributed by atoms with van der Waals surface area (Å²) in [4.78, 5) is 3.18. The molecule has 3 N–H and O–H groups in total. The minimum absolute atomic E-state index is 0.385. The van der Waals surface area contributed by atoms with Crippen LogP contribution < -0.4 is 14.5 Å². The number of nitrogens with one attached hydrogen (secondary N) is 2. The third kappa shape index (κ3) is 5.30. The van der Waals surface area contributed by atoms with Crippen molar-refractivity contribution in [2.24, 2.45) is 0 Å². The number of aryl methyl sites for hydroxylation is 2. The van der Waals surface area contributed by atoms with Gasteiger partial charge in [-0.2, -0.15) is 0 Å². The molecule has 1 fully saturated rings. The first-order valence-corrected chi connectivity index (χ1v) is 8.13. The molecule has 21 heavy (non-hydrogen) atoms. The van der Waals surface area contributed by atoms with Gasteiger partial charge in [0.25, 0.3) is 0 Å². The summed E-state index contributed by atoms with van der Waals surface area (Å²) in [6.07, 6.45) is -0.385. The molecule has 4 nitrogen and oxygen atoms in total. The summed E-state index contributed by atoms with van der Waals surface area (Å²) in [7, 11) is 0. The molecule has 1 unspecified atom stereocenters. The van der Waals surface area contributed by atoms with E-state index in [1.165, 1.54) is 35.7 Å². The van der Waals surface area contributed by atoms with Crippen molar-refractivity contribution in [2.45, 2.75) is 26.9 Å². The highest BCUT2D eigenvalue weighted by Crippen LogP contribution is 2.16. The van der Waals surface area contributed by atoms with E-state index in [0.29, 0.717) is 6.61 Å². The van der Waals surface area contributed by atoms with Gasteiger partial charge in [0.1, 0.15) is 51.2 Å². The molecule has 1 heterocycles. The maximum Gasteiger partial charge on any atom is 0.137 e. The number of hydrogen-bond donors (Lipinski definition) is 3. The smallest absolute Gasteiger partial charge is 0.137 e. The second kappa shape index (κ2) is 7.78. The van der Waals surface area contributed by atoms with Gasteiger partial charge in [-0.25, -0.2) is 0 Å². The number of ether oxygens (including phenoxy) is 1. The Morgan fingerprint density at radius 3 is 2.19 bits per heavy atom. The third-order valence-electron chi connectivity index (χ3n) is 4.33. The average Bonchev–Trinajstić information content (AvgIpc) is 2.45. The Morgan fingerprint density at radius 2 is 1.62 bits per heavy atom. The van der Waals surface area contributed by atoms with Gasteiger partial charge < -0.3 is 19.6 Å². The third-order valence-corrected chi connectivity index (χ3v) is 4.33. The zero-order valence-corrected chi connectivity index (χ0v) is 13.6. The van der Waals surface area contributed by atoms with E-state index in [9.17, 15) is 5.11 Å². The van der Waals surface area contributed by atoms with Gasteiger partial charge >= 0.3 is 0 Å². The summed E-state index contributed by atoms with van der Waals surface area (Å²) < 4.78 is 5.74. The second-order valence-corrected chi connectivity index (χ2v) is 6.35. The van der Waals surface area contributed by atoms with E-state index >= 15 is 0 Å². The molecule has 118 valence electrons. The topological polar surface area (TPSA) is 38.3 Å². The summed E-state index contributed by atoms with van der Waals surface area (Å²) in [5.41, 5.74) is 2.40. The van der Waals surface area contributed by atoms with Crippen LogP contribution in [0.3, 0.4) is 0 Å². The molecule has 1 atom stereocenters. The predicted molar refractivity (Wildman–Crippen MR) is 84.2 cm³/mol. The Hall–Kier alpha value is -1.10. The van der Waals surface area contributed by atoms with E-state index in [-0.39, 0.29) is 6.10 Å². The first-order chi connectivity index (χ1) is 10.1. The van der Waals surface area contributed by atoms with E-state index in [4.69, 9.17) is 4.74 Å². The Balaban J connectivity index is 1.73. The quantitative estimate of drug-likeness (QED) is 0.620. The van der Waals surface area contributed by atoms with E-state index in [1.807, 2.05) is 12.1 Å². The van der Waals surface area contributed by atoms with Crippen molar-refractivity contribution in [2.75, 3.05) is 45.9 Å². The molecule has 1 aliphatic heterocycles. The number of aliphatic hydroxyl groups excluding tert-OH is 1. The van der Waals surface area contributed by atoms with Gasteiger partial charge in [0, 0.05) is 0 Å². The summed E-state index contributed by atoms with van der Waals surface area (Å²) in [5, 5.41) is 10.2. The summed E-state index contributed by atoms with van der Waals surface area (Å²) in [6.45, 7) is 13.5. The molecule has 1 aliphatic rings. The van der Waals surface area contributed by atoms with Crippen LogP contribution in [0.1, 0.15) is 18.1 Å². The number of quaternary nitrogens is 2. The van der Waals surface area contributed by atoms with Crippen molar-refractivity contribution >= 4 is 0 Å². The molecule has 0 aliphatic carbocycles. The van der Waals surface area contributed by atoms with Crippen LogP contribution in [0.5, 0.6) is 5.75 Å². The highest BCUT2D eigenvalue weighted by Gasteiger charge is 2.23. The normalized spacial score (nSPS) is 23.8. The fourth-order valence-electron chi connectivity index (χ4n) is 3.12. The molecule has 1 aromatic carbocycles. The van der Waals surface area contributed by atoms with Crippen molar-refractivity contribution < 1.29 is 19.6 Å². The van der Waals surface area contributed by atoms with Crippen molar-refractivity contribution in [3.8, 4) is 5.75 Å². The highest BCUT2D eigenvalue weighted by molar-refractivity contribution is 5.32. The van der Waals surface area contributed by atoms with Gasteiger partial charge in [-0.3, -0.25) is 0 Å². The van der Waals surface area contributed by atoms with Crippen LogP contribution >= 0.6 is 0 Å². The molecule has 2 rings (SSSR count). The van der Waals surface area contributed by atoms with Crippen molar-refractivity contribution in [1.29, 1.82) is 0 Å². The van der Waals surface area contributed by atoms with Gasteiger partial charge in [-0.05, 0) is 44.0 Å². The highest BCUT2D eigenvalue weighted by atomic mass is 16.5. The molecule has 0 amide bonds. The van der Waals surface area contributed by atoms with E-state index < -0.39 is 0 Å².